The average Bonchev–Trinajstić information content (AvgIpc) is 2.04. The summed E-state index contributed by atoms with van der Waals surface area (Å²) in [5.41, 5.74) is 5.82. The molecule has 0 amide bonds. The molecule has 0 saturated heterocycles. The molecule has 0 aliphatic heterocycles. The van der Waals surface area contributed by atoms with E-state index in [1.54, 1.807) is 6.92 Å². The molecule has 1 rings (SSSR count). The summed E-state index contributed by atoms with van der Waals surface area (Å²) in [7, 11) is 0. The summed E-state index contributed by atoms with van der Waals surface area (Å²) in [5, 5.41) is 19.7. The number of nitro groups is 1. The van der Waals surface area contributed by atoms with E-state index in [-0.39, 0.29) is 11.4 Å². The largest absolute Gasteiger partial charge is 0.508 e. The number of rotatable bonds is 2. The minimum absolute atomic E-state index is 0.0133. The first-order valence-electron chi connectivity index (χ1n) is 3.75. The Balaban J connectivity index is 3.19. The van der Waals surface area contributed by atoms with Crippen LogP contribution in [0, 0.1) is 10.1 Å². The normalized spacial score (nSPS) is 12.5. The Morgan fingerprint density at radius 2 is 2.23 bits per heavy atom. The van der Waals surface area contributed by atoms with E-state index < -0.39 is 11.0 Å². The van der Waals surface area contributed by atoms with E-state index in [9.17, 15) is 15.2 Å². The molecule has 1 aromatic carbocycles. The third-order valence-corrected chi connectivity index (χ3v) is 1.71. The van der Waals surface area contributed by atoms with Crippen LogP contribution in [0.5, 0.6) is 5.75 Å². The van der Waals surface area contributed by atoms with E-state index in [0.29, 0.717) is 5.56 Å². The van der Waals surface area contributed by atoms with Crippen LogP contribution >= 0.6 is 0 Å². The molecular weight excluding hydrogens is 172 g/mol. The summed E-state index contributed by atoms with van der Waals surface area (Å²) >= 11 is 0. The molecule has 1 aromatic rings. The molecule has 0 heterocycles. The van der Waals surface area contributed by atoms with Gasteiger partial charge in [0, 0.05) is 23.7 Å². The summed E-state index contributed by atoms with van der Waals surface area (Å²) in [6, 6.07) is 3.37. The lowest BCUT2D eigenvalue weighted by Crippen LogP contribution is -2.05. The van der Waals surface area contributed by atoms with Gasteiger partial charge < -0.3 is 10.8 Å². The molecule has 0 unspecified atom stereocenters. The fourth-order valence-electron chi connectivity index (χ4n) is 1.02. The summed E-state index contributed by atoms with van der Waals surface area (Å²) in [6.07, 6.45) is 0. The second-order valence-electron chi connectivity index (χ2n) is 2.79. The first-order chi connectivity index (χ1) is 6.02. The number of non-ortho nitro benzene ring substituents is 1. The lowest BCUT2D eigenvalue weighted by atomic mass is 10.1. The summed E-state index contributed by atoms with van der Waals surface area (Å²) < 4.78 is 0. The third-order valence-electron chi connectivity index (χ3n) is 1.71. The van der Waals surface area contributed by atoms with Crippen molar-refractivity contribution in [2.45, 2.75) is 13.0 Å². The van der Waals surface area contributed by atoms with Crippen LogP contribution in [-0.4, -0.2) is 10.0 Å². The van der Waals surface area contributed by atoms with Crippen molar-refractivity contribution in [2.75, 3.05) is 0 Å². The van der Waals surface area contributed by atoms with Crippen LogP contribution in [0.4, 0.5) is 5.69 Å². The molecule has 13 heavy (non-hydrogen) atoms. The van der Waals surface area contributed by atoms with Gasteiger partial charge in [0.1, 0.15) is 5.75 Å². The van der Waals surface area contributed by atoms with Crippen molar-refractivity contribution in [1.82, 2.24) is 0 Å². The minimum atomic E-state index is -0.522. The Labute approximate surface area is 74.9 Å². The van der Waals surface area contributed by atoms with Gasteiger partial charge in [0.05, 0.1) is 4.92 Å². The van der Waals surface area contributed by atoms with E-state index in [1.165, 1.54) is 18.2 Å². The molecule has 3 N–H and O–H groups in total. The maximum Gasteiger partial charge on any atom is 0.270 e. The van der Waals surface area contributed by atoms with Gasteiger partial charge in [-0.15, -0.1) is 0 Å². The summed E-state index contributed by atoms with van der Waals surface area (Å²) in [4.78, 5) is 9.85. The maximum atomic E-state index is 10.4. The Morgan fingerprint density at radius 1 is 1.62 bits per heavy atom. The van der Waals surface area contributed by atoms with Gasteiger partial charge in [-0.25, -0.2) is 0 Å². The quantitative estimate of drug-likeness (QED) is 0.533. The number of nitrogens with zero attached hydrogens (tertiary/aromatic N) is 1. The molecule has 5 nitrogen and oxygen atoms in total. The number of phenols is 1. The standard InChI is InChI=1S/C8H10N2O3/c1-5(9)7-4-6(10(12)13)2-3-8(7)11/h2-5,11H,9H2,1H3/t5-/m0/s1. The first-order valence-corrected chi connectivity index (χ1v) is 3.75. The highest BCUT2D eigenvalue weighted by molar-refractivity contribution is 5.44. The number of phenolic OH excluding ortho intramolecular Hbond substituents is 1. The van der Waals surface area contributed by atoms with Crippen molar-refractivity contribution >= 4 is 5.69 Å². The molecule has 0 aliphatic rings. The van der Waals surface area contributed by atoms with Gasteiger partial charge in [-0.3, -0.25) is 10.1 Å². The molecule has 0 radical (unpaired) electrons. The molecule has 0 saturated carbocycles. The van der Waals surface area contributed by atoms with E-state index in [2.05, 4.69) is 0 Å². The number of nitro benzene ring substituents is 1. The van der Waals surface area contributed by atoms with Crippen LogP contribution in [0.15, 0.2) is 18.2 Å². The van der Waals surface area contributed by atoms with Crippen molar-refractivity contribution < 1.29 is 10.0 Å². The second-order valence-corrected chi connectivity index (χ2v) is 2.79. The summed E-state index contributed by atoms with van der Waals surface area (Å²) in [6.45, 7) is 1.65. The lowest BCUT2D eigenvalue weighted by Gasteiger charge is -2.06. The Hall–Kier alpha value is -1.62. The zero-order valence-electron chi connectivity index (χ0n) is 7.10. The Kier molecular flexibility index (Phi) is 2.48. The van der Waals surface area contributed by atoms with Crippen molar-refractivity contribution in [1.29, 1.82) is 0 Å². The van der Waals surface area contributed by atoms with Gasteiger partial charge in [0.2, 0.25) is 0 Å². The van der Waals surface area contributed by atoms with Gasteiger partial charge in [-0.1, -0.05) is 0 Å². The highest BCUT2D eigenvalue weighted by atomic mass is 16.6. The van der Waals surface area contributed by atoms with E-state index in [0.717, 1.165) is 0 Å². The number of aromatic hydroxyl groups is 1. The van der Waals surface area contributed by atoms with Crippen molar-refractivity contribution in [3.63, 3.8) is 0 Å². The van der Waals surface area contributed by atoms with Crippen LogP contribution in [-0.2, 0) is 0 Å². The SMILES string of the molecule is C[C@H](N)c1cc([N+](=O)[O-])ccc1O. The van der Waals surface area contributed by atoms with E-state index >= 15 is 0 Å². The highest BCUT2D eigenvalue weighted by Crippen LogP contribution is 2.26. The average molecular weight is 182 g/mol. The van der Waals surface area contributed by atoms with E-state index in [4.69, 9.17) is 5.73 Å². The van der Waals surface area contributed by atoms with Crippen molar-refractivity contribution in [3.8, 4) is 5.75 Å². The number of nitrogens with two attached hydrogens (primary N) is 1. The van der Waals surface area contributed by atoms with Crippen LogP contribution in [0.25, 0.3) is 0 Å². The molecule has 0 aliphatic carbocycles. The number of benzene rings is 1. The Morgan fingerprint density at radius 3 is 2.69 bits per heavy atom. The molecular formula is C8H10N2O3. The van der Waals surface area contributed by atoms with E-state index in [1.807, 2.05) is 0 Å². The second kappa shape index (κ2) is 3.40. The Bertz CT molecular complexity index is 336. The van der Waals surface area contributed by atoms with Gasteiger partial charge >= 0.3 is 0 Å². The van der Waals surface area contributed by atoms with Crippen molar-refractivity contribution in [3.05, 3.63) is 33.9 Å². The zero-order valence-corrected chi connectivity index (χ0v) is 7.10. The summed E-state index contributed by atoms with van der Waals surface area (Å²) in [5.74, 6) is -0.0133. The number of hydrogen-bond acceptors (Lipinski definition) is 4. The minimum Gasteiger partial charge on any atom is -0.508 e. The van der Waals surface area contributed by atoms with Crippen LogP contribution < -0.4 is 5.73 Å². The highest BCUT2D eigenvalue weighted by Gasteiger charge is 2.12. The molecule has 0 aromatic heterocycles. The fraction of sp³-hybridized carbons (Fsp3) is 0.250. The van der Waals surface area contributed by atoms with Gasteiger partial charge in [0.15, 0.2) is 0 Å². The zero-order chi connectivity index (χ0) is 10.0. The maximum absolute atomic E-state index is 10.4. The molecule has 0 spiro atoms. The van der Waals surface area contributed by atoms with Gasteiger partial charge in [-0.2, -0.15) is 0 Å². The monoisotopic (exact) mass is 182 g/mol. The molecule has 0 bridgehead atoms. The molecule has 1 atom stereocenters. The molecule has 0 fully saturated rings. The predicted molar refractivity (Wildman–Crippen MR) is 47.4 cm³/mol. The molecule has 5 heteroatoms. The van der Waals surface area contributed by atoms with Crippen LogP contribution in [0.1, 0.15) is 18.5 Å². The van der Waals surface area contributed by atoms with Crippen molar-refractivity contribution in [2.24, 2.45) is 5.73 Å². The van der Waals surface area contributed by atoms with Gasteiger partial charge in [-0.05, 0) is 13.0 Å². The van der Waals surface area contributed by atoms with Crippen LogP contribution in [0.2, 0.25) is 0 Å². The first kappa shape index (κ1) is 9.47. The predicted octanol–water partition coefficient (Wildman–Crippen LogP) is 1.32. The number of hydrogen-bond donors (Lipinski definition) is 2. The fourth-order valence-corrected chi connectivity index (χ4v) is 1.02. The topological polar surface area (TPSA) is 89.4 Å². The lowest BCUT2D eigenvalue weighted by molar-refractivity contribution is -0.385. The third kappa shape index (κ3) is 1.94. The van der Waals surface area contributed by atoms with Gasteiger partial charge in [0.25, 0.3) is 5.69 Å². The smallest absolute Gasteiger partial charge is 0.270 e. The van der Waals surface area contributed by atoms with Crippen LogP contribution in [0.3, 0.4) is 0 Å². The molecule has 70 valence electrons.